The van der Waals surface area contributed by atoms with Gasteiger partial charge in [-0.25, -0.2) is 8.42 Å². The van der Waals surface area contributed by atoms with E-state index in [1.807, 2.05) is 14.0 Å². The van der Waals surface area contributed by atoms with Crippen LogP contribution in [0, 0.1) is 0 Å². The van der Waals surface area contributed by atoms with E-state index in [2.05, 4.69) is 0 Å². The molecule has 0 atom stereocenters. The second kappa shape index (κ2) is 5.23. The highest BCUT2D eigenvalue weighted by atomic mass is 35.5. The van der Waals surface area contributed by atoms with Gasteiger partial charge in [0, 0.05) is 31.5 Å². The molecule has 0 bridgehead atoms. The van der Waals surface area contributed by atoms with Crippen LogP contribution in [-0.2, 0) is 23.0 Å². The van der Waals surface area contributed by atoms with Gasteiger partial charge in [-0.1, -0.05) is 6.92 Å². The molecule has 1 aliphatic rings. The average Bonchev–Trinajstić information content (AvgIpc) is 3.08. The van der Waals surface area contributed by atoms with E-state index in [0.717, 1.165) is 25.0 Å². The van der Waals surface area contributed by atoms with Gasteiger partial charge >= 0.3 is 0 Å². The normalized spacial score (nSPS) is 16.4. The van der Waals surface area contributed by atoms with E-state index >= 15 is 0 Å². The predicted molar refractivity (Wildman–Crippen MR) is 72.2 cm³/mol. The van der Waals surface area contributed by atoms with Crippen molar-refractivity contribution in [3.63, 3.8) is 0 Å². The number of aromatic nitrogens is 1. The lowest BCUT2D eigenvalue weighted by molar-refractivity contribution is 0.403. The quantitative estimate of drug-likeness (QED) is 0.755. The number of hydrogen-bond acceptors (Lipinski definition) is 2. The highest BCUT2D eigenvalue weighted by molar-refractivity contribution is 7.89. The summed E-state index contributed by atoms with van der Waals surface area (Å²) >= 11 is 5.78. The molecule has 0 amide bonds. The first-order chi connectivity index (χ1) is 8.50. The van der Waals surface area contributed by atoms with Crippen LogP contribution in [0.1, 0.15) is 31.9 Å². The topological polar surface area (TPSA) is 42.3 Å². The number of aryl methyl sites for hydroxylation is 1. The third kappa shape index (κ3) is 2.58. The van der Waals surface area contributed by atoms with E-state index in [1.54, 1.807) is 21.1 Å². The molecule has 0 aliphatic heterocycles. The van der Waals surface area contributed by atoms with Crippen molar-refractivity contribution in [1.82, 2.24) is 8.87 Å². The van der Waals surface area contributed by atoms with Gasteiger partial charge in [-0.3, -0.25) is 0 Å². The van der Waals surface area contributed by atoms with Crippen molar-refractivity contribution in [2.24, 2.45) is 7.05 Å². The molecule has 0 unspecified atom stereocenters. The Morgan fingerprint density at radius 1 is 1.50 bits per heavy atom. The highest BCUT2D eigenvalue weighted by Gasteiger charge is 2.37. The van der Waals surface area contributed by atoms with Crippen molar-refractivity contribution in [3.05, 3.63) is 18.0 Å². The Kier molecular flexibility index (Phi) is 4.04. The zero-order chi connectivity index (χ0) is 13.3. The van der Waals surface area contributed by atoms with Crippen LogP contribution in [0.3, 0.4) is 0 Å². The standard InChI is InChI=1S/C12H19ClN2O2S/c1-3-6-15(10-4-5-10)18(16,17)12-7-11(8-13)14(2)9-12/h7,9-10H,3-6,8H2,1-2H3. The lowest BCUT2D eigenvalue weighted by atomic mass is 10.5. The highest BCUT2D eigenvalue weighted by Crippen LogP contribution is 2.32. The maximum absolute atomic E-state index is 12.6. The third-order valence-corrected chi connectivity index (χ3v) is 5.42. The average molecular weight is 291 g/mol. The van der Waals surface area contributed by atoms with Crippen molar-refractivity contribution in [3.8, 4) is 0 Å². The summed E-state index contributed by atoms with van der Waals surface area (Å²) < 4.78 is 28.5. The van der Waals surface area contributed by atoms with Crippen LogP contribution in [0.2, 0.25) is 0 Å². The van der Waals surface area contributed by atoms with Crippen LogP contribution < -0.4 is 0 Å². The molecule has 2 rings (SSSR count). The van der Waals surface area contributed by atoms with E-state index in [9.17, 15) is 8.42 Å². The van der Waals surface area contributed by atoms with Crippen LogP contribution in [0.5, 0.6) is 0 Å². The molecule has 1 fully saturated rings. The molecule has 1 saturated carbocycles. The zero-order valence-electron chi connectivity index (χ0n) is 10.8. The fourth-order valence-electron chi connectivity index (χ4n) is 2.07. The molecular formula is C12H19ClN2O2S. The van der Waals surface area contributed by atoms with Gasteiger partial charge in [-0.2, -0.15) is 4.31 Å². The van der Waals surface area contributed by atoms with E-state index in [-0.39, 0.29) is 6.04 Å². The molecule has 1 heterocycles. The van der Waals surface area contributed by atoms with Gasteiger partial charge in [0.1, 0.15) is 4.90 Å². The molecule has 0 saturated heterocycles. The largest absolute Gasteiger partial charge is 0.352 e. The van der Waals surface area contributed by atoms with Crippen molar-refractivity contribution in [2.45, 2.75) is 43.0 Å². The minimum atomic E-state index is -3.36. The van der Waals surface area contributed by atoms with Gasteiger partial charge in [0.2, 0.25) is 10.0 Å². The van der Waals surface area contributed by atoms with Crippen molar-refractivity contribution >= 4 is 21.6 Å². The molecule has 1 aromatic rings. The lowest BCUT2D eigenvalue weighted by Gasteiger charge is -2.20. The van der Waals surface area contributed by atoms with E-state index in [4.69, 9.17) is 11.6 Å². The van der Waals surface area contributed by atoms with Crippen molar-refractivity contribution in [2.75, 3.05) is 6.54 Å². The van der Waals surface area contributed by atoms with Gasteiger partial charge in [-0.05, 0) is 25.3 Å². The summed E-state index contributed by atoms with van der Waals surface area (Å²) in [4.78, 5) is 0.362. The smallest absolute Gasteiger partial charge is 0.244 e. The number of rotatable bonds is 6. The Morgan fingerprint density at radius 3 is 2.61 bits per heavy atom. The lowest BCUT2D eigenvalue weighted by Crippen LogP contribution is -2.33. The SMILES string of the molecule is CCCN(C1CC1)S(=O)(=O)c1cc(CCl)n(C)c1. The molecule has 0 N–H and O–H groups in total. The number of nitrogens with zero attached hydrogens (tertiary/aromatic N) is 2. The molecule has 0 radical (unpaired) electrons. The number of alkyl halides is 1. The summed E-state index contributed by atoms with van der Waals surface area (Å²) in [7, 11) is -1.54. The Labute approximate surface area is 114 Å². The first kappa shape index (κ1) is 13.9. The molecule has 102 valence electrons. The summed E-state index contributed by atoms with van der Waals surface area (Å²) in [6.45, 7) is 2.60. The first-order valence-corrected chi connectivity index (χ1v) is 8.21. The van der Waals surface area contributed by atoms with Gasteiger partial charge in [0.25, 0.3) is 0 Å². The molecule has 18 heavy (non-hydrogen) atoms. The molecule has 0 spiro atoms. The molecule has 0 aromatic carbocycles. The maximum Gasteiger partial charge on any atom is 0.244 e. The van der Waals surface area contributed by atoms with Gasteiger partial charge < -0.3 is 4.57 Å². The van der Waals surface area contributed by atoms with Crippen LogP contribution >= 0.6 is 11.6 Å². The van der Waals surface area contributed by atoms with Gasteiger partial charge in [-0.15, -0.1) is 11.6 Å². The summed E-state index contributed by atoms with van der Waals surface area (Å²) in [5.74, 6) is 0.323. The van der Waals surface area contributed by atoms with Gasteiger partial charge in [0.05, 0.1) is 5.88 Å². The fraction of sp³-hybridized carbons (Fsp3) is 0.667. The minimum Gasteiger partial charge on any atom is -0.352 e. The van der Waals surface area contributed by atoms with Crippen LogP contribution in [-0.4, -0.2) is 29.9 Å². The Bertz CT molecular complexity index is 520. The van der Waals surface area contributed by atoms with E-state index in [1.165, 1.54) is 0 Å². The summed E-state index contributed by atoms with van der Waals surface area (Å²) in [6, 6.07) is 1.88. The molecule has 1 aliphatic carbocycles. The van der Waals surface area contributed by atoms with Crippen molar-refractivity contribution in [1.29, 1.82) is 0 Å². The van der Waals surface area contributed by atoms with Crippen LogP contribution in [0.4, 0.5) is 0 Å². The second-order valence-corrected chi connectivity index (χ2v) is 6.92. The zero-order valence-corrected chi connectivity index (χ0v) is 12.3. The third-order valence-electron chi connectivity index (χ3n) is 3.22. The predicted octanol–water partition coefficient (Wildman–Crippen LogP) is 2.33. The molecule has 6 heteroatoms. The maximum atomic E-state index is 12.6. The number of sulfonamides is 1. The van der Waals surface area contributed by atoms with E-state index < -0.39 is 10.0 Å². The Morgan fingerprint density at radius 2 is 2.17 bits per heavy atom. The fourth-order valence-corrected chi connectivity index (χ4v) is 4.21. The minimum absolute atomic E-state index is 0.203. The summed E-state index contributed by atoms with van der Waals surface area (Å²) in [5.41, 5.74) is 0.822. The summed E-state index contributed by atoms with van der Waals surface area (Å²) in [5, 5.41) is 0. The van der Waals surface area contributed by atoms with Crippen LogP contribution in [0.15, 0.2) is 17.2 Å². The monoisotopic (exact) mass is 290 g/mol. The second-order valence-electron chi connectivity index (χ2n) is 4.76. The van der Waals surface area contributed by atoms with Crippen LogP contribution in [0.25, 0.3) is 0 Å². The van der Waals surface area contributed by atoms with E-state index in [0.29, 0.717) is 17.3 Å². The Hall–Kier alpha value is -0.520. The molecule has 4 nitrogen and oxygen atoms in total. The summed E-state index contributed by atoms with van der Waals surface area (Å²) in [6.07, 6.45) is 4.45. The number of halogens is 1. The molecule has 1 aromatic heterocycles. The number of hydrogen-bond donors (Lipinski definition) is 0. The Balaban J connectivity index is 2.33. The molecular weight excluding hydrogens is 272 g/mol. The first-order valence-electron chi connectivity index (χ1n) is 6.23. The van der Waals surface area contributed by atoms with Gasteiger partial charge in [0.15, 0.2) is 0 Å². The van der Waals surface area contributed by atoms with Crippen molar-refractivity contribution < 1.29 is 8.42 Å².